The van der Waals surface area contributed by atoms with Crippen molar-refractivity contribution in [1.29, 1.82) is 0 Å². The number of benzene rings is 2. The molecule has 1 fully saturated rings. The minimum Gasteiger partial charge on any atom is -0.474 e. The molecule has 2 aromatic carbocycles. The third-order valence-corrected chi connectivity index (χ3v) is 4.82. The molecule has 1 aliphatic heterocycles. The van der Waals surface area contributed by atoms with Crippen LogP contribution in [-0.4, -0.2) is 24.7 Å². The van der Waals surface area contributed by atoms with Gasteiger partial charge in [0.1, 0.15) is 5.75 Å². The highest BCUT2D eigenvalue weighted by Crippen LogP contribution is 2.33. The smallest absolute Gasteiger partial charge is 0.159 e. The first-order valence-corrected chi connectivity index (χ1v) is 8.49. The van der Waals surface area contributed by atoms with E-state index in [1.165, 1.54) is 22.0 Å². The summed E-state index contributed by atoms with van der Waals surface area (Å²) in [4.78, 5) is 2.33. The highest BCUT2D eigenvalue weighted by Gasteiger charge is 2.31. The molecule has 0 aromatic heterocycles. The largest absolute Gasteiger partial charge is 0.474 e. The van der Waals surface area contributed by atoms with Gasteiger partial charge in [0.2, 0.25) is 0 Å². The maximum atomic E-state index is 6.31. The number of piperidine rings is 1. The van der Waals surface area contributed by atoms with Crippen molar-refractivity contribution in [3.63, 3.8) is 0 Å². The summed E-state index contributed by atoms with van der Waals surface area (Å²) in [6, 6.07) is 19.1. The van der Waals surface area contributed by atoms with Crippen LogP contribution in [0.4, 0.5) is 0 Å². The van der Waals surface area contributed by atoms with E-state index < -0.39 is 0 Å². The lowest BCUT2D eigenvalue weighted by Crippen LogP contribution is -2.45. The zero-order chi connectivity index (χ0) is 14.7. The number of likely N-dealkylation sites (tertiary alicyclic amines) is 1. The van der Waals surface area contributed by atoms with Gasteiger partial charge >= 0.3 is 0 Å². The van der Waals surface area contributed by atoms with Crippen molar-refractivity contribution in [2.45, 2.75) is 25.0 Å². The van der Waals surface area contributed by atoms with E-state index in [-0.39, 0.29) is 6.23 Å². The van der Waals surface area contributed by atoms with Gasteiger partial charge in [-0.1, -0.05) is 30.3 Å². The highest BCUT2D eigenvalue weighted by atomic mass is 127. The van der Waals surface area contributed by atoms with E-state index in [9.17, 15) is 0 Å². The number of likely N-dealkylation sites (N-methyl/N-ethyl adjacent to an activating group) is 1. The van der Waals surface area contributed by atoms with Gasteiger partial charge in [0.25, 0.3) is 0 Å². The Morgan fingerprint density at radius 3 is 2.48 bits per heavy atom. The van der Waals surface area contributed by atoms with E-state index in [0.29, 0.717) is 5.92 Å². The van der Waals surface area contributed by atoms with Crippen LogP contribution in [0.25, 0.3) is 0 Å². The van der Waals surface area contributed by atoms with Crippen molar-refractivity contribution in [3.8, 4) is 5.75 Å². The van der Waals surface area contributed by atoms with Crippen LogP contribution in [0.1, 0.15) is 24.3 Å². The van der Waals surface area contributed by atoms with Gasteiger partial charge in [0.15, 0.2) is 6.23 Å². The van der Waals surface area contributed by atoms with Crippen LogP contribution in [0.15, 0.2) is 54.6 Å². The molecule has 2 unspecified atom stereocenters. The van der Waals surface area contributed by atoms with Crippen LogP contribution in [-0.2, 0) is 0 Å². The zero-order valence-corrected chi connectivity index (χ0v) is 14.4. The fraction of sp³-hybridized carbons (Fsp3) is 0.333. The summed E-state index contributed by atoms with van der Waals surface area (Å²) >= 11 is 2.32. The van der Waals surface area contributed by atoms with E-state index in [1.54, 1.807) is 0 Å². The Labute approximate surface area is 140 Å². The zero-order valence-electron chi connectivity index (χ0n) is 12.2. The van der Waals surface area contributed by atoms with Gasteiger partial charge in [-0.15, -0.1) is 0 Å². The number of rotatable bonds is 3. The average Bonchev–Trinajstić information content (AvgIpc) is 2.52. The number of halogens is 1. The first-order valence-electron chi connectivity index (χ1n) is 7.41. The third kappa shape index (κ3) is 3.58. The summed E-state index contributed by atoms with van der Waals surface area (Å²) in [5, 5.41) is 0. The fourth-order valence-corrected chi connectivity index (χ4v) is 3.35. The summed E-state index contributed by atoms with van der Waals surface area (Å²) in [5.74, 6) is 1.39. The van der Waals surface area contributed by atoms with Gasteiger partial charge < -0.3 is 4.74 Å². The molecule has 0 bridgehead atoms. The van der Waals surface area contributed by atoms with Gasteiger partial charge in [0.05, 0.1) is 0 Å². The van der Waals surface area contributed by atoms with Crippen LogP contribution >= 0.6 is 22.6 Å². The van der Waals surface area contributed by atoms with Crippen molar-refractivity contribution in [1.82, 2.24) is 4.90 Å². The van der Waals surface area contributed by atoms with Gasteiger partial charge in [-0.3, -0.25) is 4.90 Å². The lowest BCUT2D eigenvalue weighted by molar-refractivity contribution is -0.00340. The minimum atomic E-state index is 0.112. The molecule has 2 atom stereocenters. The molecule has 3 rings (SSSR count). The molecule has 0 radical (unpaired) electrons. The van der Waals surface area contributed by atoms with Crippen LogP contribution < -0.4 is 4.74 Å². The molecule has 0 saturated carbocycles. The molecule has 1 saturated heterocycles. The summed E-state index contributed by atoms with van der Waals surface area (Å²) in [7, 11) is 2.16. The normalized spacial score (nSPS) is 23.0. The van der Waals surface area contributed by atoms with Crippen LogP contribution in [0, 0.1) is 3.57 Å². The summed E-state index contributed by atoms with van der Waals surface area (Å²) in [6.07, 6.45) is 2.52. The second kappa shape index (κ2) is 6.79. The summed E-state index contributed by atoms with van der Waals surface area (Å²) in [6.45, 7) is 1.10. The second-order valence-electron chi connectivity index (χ2n) is 5.60. The third-order valence-electron chi connectivity index (χ3n) is 4.10. The van der Waals surface area contributed by atoms with E-state index in [0.717, 1.165) is 12.3 Å². The van der Waals surface area contributed by atoms with Crippen molar-refractivity contribution in [3.05, 3.63) is 63.7 Å². The minimum absolute atomic E-state index is 0.112. The quantitative estimate of drug-likeness (QED) is 0.712. The average molecular weight is 393 g/mol. The maximum absolute atomic E-state index is 6.31. The van der Waals surface area contributed by atoms with Crippen molar-refractivity contribution in [2.24, 2.45) is 0 Å². The predicted octanol–water partition coefficient (Wildman–Crippen LogP) is 4.51. The first kappa shape index (κ1) is 14.9. The van der Waals surface area contributed by atoms with Crippen LogP contribution in [0.3, 0.4) is 0 Å². The Balaban J connectivity index is 1.83. The molecule has 0 aliphatic carbocycles. The number of nitrogens with zero attached hydrogens (tertiary/aromatic N) is 1. The standard InChI is InChI=1S/C18H20INO/c1-20-13-5-8-17(14-6-3-2-4-7-14)18(20)21-16-11-9-15(19)10-12-16/h2-4,6-7,9-12,17-18H,5,8,13H2,1H3. The second-order valence-corrected chi connectivity index (χ2v) is 6.85. The number of hydrogen-bond acceptors (Lipinski definition) is 2. The van der Waals surface area contributed by atoms with Crippen LogP contribution in [0.2, 0.25) is 0 Å². The maximum Gasteiger partial charge on any atom is 0.159 e. The first-order chi connectivity index (χ1) is 10.2. The molecule has 0 N–H and O–H groups in total. The summed E-state index contributed by atoms with van der Waals surface area (Å²) in [5.41, 5.74) is 1.37. The van der Waals surface area contributed by atoms with Gasteiger partial charge in [-0.05, 0) is 72.3 Å². The molecule has 2 nitrogen and oxygen atoms in total. The molecule has 1 aliphatic rings. The van der Waals surface area contributed by atoms with Crippen LogP contribution in [0.5, 0.6) is 5.75 Å². The molecule has 2 aromatic rings. The molecule has 0 spiro atoms. The monoisotopic (exact) mass is 393 g/mol. The molecule has 1 heterocycles. The summed E-state index contributed by atoms with van der Waals surface area (Å²) < 4.78 is 7.55. The van der Waals surface area contributed by atoms with Gasteiger partial charge in [-0.25, -0.2) is 0 Å². The van der Waals surface area contributed by atoms with E-state index >= 15 is 0 Å². The Morgan fingerprint density at radius 1 is 1.05 bits per heavy atom. The molecule has 3 heteroatoms. The SMILES string of the molecule is CN1CCCC(c2ccccc2)C1Oc1ccc(I)cc1. The van der Waals surface area contributed by atoms with Crippen molar-refractivity contribution < 1.29 is 4.74 Å². The Bertz CT molecular complexity index is 570. The molecular formula is C18H20INO. The van der Waals surface area contributed by atoms with Gasteiger partial charge in [0, 0.05) is 16.0 Å². The Kier molecular flexibility index (Phi) is 4.80. The van der Waals surface area contributed by atoms with E-state index in [1.807, 2.05) is 0 Å². The van der Waals surface area contributed by atoms with Crippen molar-refractivity contribution in [2.75, 3.05) is 13.6 Å². The highest BCUT2D eigenvalue weighted by molar-refractivity contribution is 14.1. The molecular weight excluding hydrogens is 373 g/mol. The number of ether oxygens (including phenoxy) is 1. The van der Waals surface area contributed by atoms with E-state index in [2.05, 4.69) is 89.1 Å². The molecule has 110 valence electrons. The van der Waals surface area contributed by atoms with Gasteiger partial charge in [-0.2, -0.15) is 0 Å². The Hall–Kier alpha value is -1.07. The molecule has 21 heavy (non-hydrogen) atoms. The lowest BCUT2D eigenvalue weighted by Gasteiger charge is -2.39. The predicted molar refractivity (Wildman–Crippen MR) is 94.6 cm³/mol. The van der Waals surface area contributed by atoms with Crippen molar-refractivity contribution >= 4 is 22.6 Å². The lowest BCUT2D eigenvalue weighted by atomic mass is 9.89. The van der Waals surface area contributed by atoms with E-state index in [4.69, 9.17) is 4.74 Å². The fourth-order valence-electron chi connectivity index (χ4n) is 2.99. The molecule has 0 amide bonds. The number of hydrogen-bond donors (Lipinski definition) is 0. The Morgan fingerprint density at radius 2 is 1.76 bits per heavy atom. The topological polar surface area (TPSA) is 12.5 Å².